The first-order chi connectivity index (χ1) is 22.9. The highest BCUT2D eigenvalue weighted by Gasteiger charge is 2.38. The van der Waals surface area contributed by atoms with Crippen molar-refractivity contribution in [2.45, 2.75) is 96.3 Å². The Bertz CT molecular complexity index is 1800. The van der Waals surface area contributed by atoms with Gasteiger partial charge < -0.3 is 19.9 Å². The second kappa shape index (κ2) is 14.0. The number of anilines is 1. The van der Waals surface area contributed by atoms with Crippen molar-refractivity contribution in [2.24, 2.45) is 0 Å². The van der Waals surface area contributed by atoms with Gasteiger partial charge in [0.2, 0.25) is 0 Å². The van der Waals surface area contributed by atoms with Gasteiger partial charge in [0.05, 0.1) is 31.9 Å². The number of nitrogen functional groups attached to an aromatic ring is 1. The Labute approximate surface area is 288 Å². The molecule has 6 rings (SSSR count). The molecule has 0 saturated heterocycles. The maximum absolute atomic E-state index is 11.9. The lowest BCUT2D eigenvalue weighted by molar-refractivity contribution is -0.385. The van der Waals surface area contributed by atoms with Gasteiger partial charge >= 0.3 is 5.69 Å². The van der Waals surface area contributed by atoms with Gasteiger partial charge in [0.1, 0.15) is 28.8 Å². The summed E-state index contributed by atoms with van der Waals surface area (Å²) in [5, 5.41) is 11.0. The number of Topliss-reactive ketones (excluding diaryl/α,β-unsaturated/α-hetero) is 3. The highest BCUT2D eigenvalue weighted by atomic mass is 16.6. The van der Waals surface area contributed by atoms with E-state index < -0.39 is 15.8 Å². The van der Waals surface area contributed by atoms with Crippen molar-refractivity contribution in [3.05, 3.63) is 86.0 Å². The summed E-state index contributed by atoms with van der Waals surface area (Å²) in [6.07, 6.45) is 3.90. The van der Waals surface area contributed by atoms with Gasteiger partial charge in [-0.25, -0.2) is 0 Å². The van der Waals surface area contributed by atoms with Gasteiger partial charge in [-0.15, -0.1) is 0 Å². The molecular weight excluding hydrogens is 624 g/mol. The lowest BCUT2D eigenvalue weighted by Gasteiger charge is -2.31. The largest absolute Gasteiger partial charge is 0.497 e. The average molecular weight is 673 g/mol. The van der Waals surface area contributed by atoms with Crippen LogP contribution in [0.4, 0.5) is 11.4 Å². The summed E-state index contributed by atoms with van der Waals surface area (Å²) in [5.74, 6) is 2.46. The van der Waals surface area contributed by atoms with E-state index in [1.165, 1.54) is 24.3 Å². The quantitative estimate of drug-likeness (QED) is 0.176. The van der Waals surface area contributed by atoms with Crippen LogP contribution in [-0.4, -0.2) is 43.6 Å². The summed E-state index contributed by atoms with van der Waals surface area (Å²) in [5.41, 5.74) is 11.4. The number of methoxy groups -OCH3 is 3. The van der Waals surface area contributed by atoms with Crippen molar-refractivity contribution in [1.82, 2.24) is 0 Å². The molecule has 0 bridgehead atoms. The normalized spacial score (nSPS) is 17.9. The molecule has 3 aromatic carbocycles. The van der Waals surface area contributed by atoms with Gasteiger partial charge in [-0.1, -0.05) is 6.07 Å². The molecule has 3 aliphatic rings. The van der Waals surface area contributed by atoms with Crippen LogP contribution in [0.25, 0.3) is 0 Å². The minimum Gasteiger partial charge on any atom is -0.497 e. The third-order valence-electron chi connectivity index (χ3n) is 10.3. The number of benzene rings is 3. The van der Waals surface area contributed by atoms with E-state index in [0.29, 0.717) is 42.9 Å². The summed E-state index contributed by atoms with van der Waals surface area (Å²) < 4.78 is 15.4. The molecule has 10 heteroatoms. The number of carbonyl (C=O) groups is 3. The second-order valence-corrected chi connectivity index (χ2v) is 14.4. The molecule has 0 spiro atoms. The van der Waals surface area contributed by atoms with E-state index in [1.54, 1.807) is 20.3 Å². The van der Waals surface area contributed by atoms with Crippen LogP contribution in [0.3, 0.4) is 0 Å². The first kappa shape index (κ1) is 37.1. The standard InChI is InChI=1S/C13H15NO4.C13H17NO2.C13H16O2/c1-13(2)9-7-11(18-3)10(14(16)17)6-8(9)4-5-12(13)15;1-13(2)9-7-11(16-3)10(14)6-8(9)4-5-12(13)15;1-13(2)11-8-10(15-3)6-4-9(11)5-7-12(13)14/h6-7H,4-5H2,1-3H3;6-7H,4-5,14H2,1-3H3;4,6,8H,5,7H2,1-3H3. The Balaban J connectivity index is 0.000000166. The molecule has 0 fully saturated rings. The molecule has 0 saturated carbocycles. The average Bonchev–Trinajstić information content (AvgIpc) is 3.06. The molecule has 3 aliphatic carbocycles. The van der Waals surface area contributed by atoms with Crippen LogP contribution in [0.15, 0.2) is 42.5 Å². The van der Waals surface area contributed by atoms with Gasteiger partial charge in [-0.3, -0.25) is 24.5 Å². The number of nitro benzene ring substituents is 1. The fourth-order valence-corrected chi connectivity index (χ4v) is 6.93. The van der Waals surface area contributed by atoms with E-state index >= 15 is 0 Å². The molecule has 0 aromatic heterocycles. The molecule has 262 valence electrons. The van der Waals surface area contributed by atoms with Gasteiger partial charge in [0.25, 0.3) is 0 Å². The number of nitro groups is 1. The molecule has 0 radical (unpaired) electrons. The first-order valence-corrected chi connectivity index (χ1v) is 16.5. The van der Waals surface area contributed by atoms with Crippen LogP contribution in [0.1, 0.15) is 94.2 Å². The predicted molar refractivity (Wildman–Crippen MR) is 189 cm³/mol. The third kappa shape index (κ3) is 7.19. The Hall–Kier alpha value is -4.73. The van der Waals surface area contributed by atoms with E-state index in [0.717, 1.165) is 40.8 Å². The van der Waals surface area contributed by atoms with E-state index in [2.05, 4.69) is 6.07 Å². The van der Waals surface area contributed by atoms with Crippen LogP contribution in [-0.2, 0) is 49.9 Å². The number of hydrogen-bond acceptors (Lipinski definition) is 9. The minimum absolute atomic E-state index is 0.0404. The lowest BCUT2D eigenvalue weighted by atomic mass is 9.71. The van der Waals surface area contributed by atoms with Crippen LogP contribution in [0.2, 0.25) is 0 Å². The number of ether oxygens (including phenoxy) is 3. The van der Waals surface area contributed by atoms with Gasteiger partial charge in [-0.05, 0) is 125 Å². The van der Waals surface area contributed by atoms with E-state index in [-0.39, 0.29) is 28.4 Å². The monoisotopic (exact) mass is 672 g/mol. The zero-order chi connectivity index (χ0) is 36.5. The minimum atomic E-state index is -0.601. The SMILES string of the molecule is COc1cc2c(cc1N)CCC(=O)C2(C)C.COc1cc2c(cc1[N+](=O)[O-])CCC(=O)C2(C)C.COc1ccc2c(c1)C(C)(C)C(=O)CC2. The number of nitrogens with two attached hydrogens (primary N) is 1. The number of hydrogen-bond donors (Lipinski definition) is 1. The van der Waals surface area contributed by atoms with Crippen molar-refractivity contribution in [3.8, 4) is 17.2 Å². The zero-order valence-electron chi connectivity index (χ0n) is 30.1. The zero-order valence-corrected chi connectivity index (χ0v) is 30.1. The molecule has 0 atom stereocenters. The number of rotatable bonds is 4. The maximum Gasteiger partial charge on any atom is 0.311 e. The van der Waals surface area contributed by atoms with Crippen molar-refractivity contribution in [3.63, 3.8) is 0 Å². The fourth-order valence-electron chi connectivity index (χ4n) is 6.93. The van der Waals surface area contributed by atoms with Crippen LogP contribution in [0.5, 0.6) is 17.2 Å². The Kier molecular flexibility index (Phi) is 10.6. The second-order valence-electron chi connectivity index (χ2n) is 14.4. The summed E-state index contributed by atoms with van der Waals surface area (Å²) in [6.45, 7) is 11.6. The van der Waals surface area contributed by atoms with Gasteiger partial charge in [0, 0.05) is 41.6 Å². The summed E-state index contributed by atoms with van der Waals surface area (Å²) >= 11 is 0. The van der Waals surface area contributed by atoms with Crippen molar-refractivity contribution >= 4 is 28.7 Å². The predicted octanol–water partition coefficient (Wildman–Crippen LogP) is 6.95. The molecule has 2 N–H and O–H groups in total. The van der Waals surface area contributed by atoms with E-state index in [1.807, 2.05) is 65.8 Å². The van der Waals surface area contributed by atoms with E-state index in [9.17, 15) is 24.5 Å². The molecule has 10 nitrogen and oxygen atoms in total. The number of nitrogens with zero attached hydrogens (tertiary/aromatic N) is 1. The third-order valence-corrected chi connectivity index (χ3v) is 10.3. The number of carbonyl (C=O) groups excluding carboxylic acids is 3. The number of fused-ring (bicyclic) bond motifs is 3. The maximum atomic E-state index is 11.9. The Morgan fingerprint density at radius 2 is 1.02 bits per heavy atom. The van der Waals surface area contributed by atoms with Crippen LogP contribution < -0.4 is 19.9 Å². The number of ketones is 3. The smallest absolute Gasteiger partial charge is 0.311 e. The lowest BCUT2D eigenvalue weighted by Crippen LogP contribution is -2.34. The van der Waals surface area contributed by atoms with Crippen molar-refractivity contribution < 1.29 is 33.5 Å². The molecule has 0 aliphatic heterocycles. The summed E-state index contributed by atoms with van der Waals surface area (Å²) in [4.78, 5) is 46.1. The highest BCUT2D eigenvalue weighted by molar-refractivity contribution is 5.93. The van der Waals surface area contributed by atoms with E-state index in [4.69, 9.17) is 19.9 Å². The number of aryl methyl sites for hydroxylation is 3. The topological polar surface area (TPSA) is 148 Å². The van der Waals surface area contributed by atoms with Crippen molar-refractivity contribution in [2.75, 3.05) is 27.1 Å². The Morgan fingerprint density at radius 3 is 1.47 bits per heavy atom. The van der Waals surface area contributed by atoms with Gasteiger partial charge in [-0.2, -0.15) is 0 Å². The molecule has 0 amide bonds. The highest BCUT2D eigenvalue weighted by Crippen LogP contribution is 2.41. The molecule has 49 heavy (non-hydrogen) atoms. The first-order valence-electron chi connectivity index (χ1n) is 16.5. The van der Waals surface area contributed by atoms with Crippen LogP contribution >= 0.6 is 0 Å². The molecule has 0 unspecified atom stereocenters. The molecule has 0 heterocycles. The molecule has 3 aromatic rings. The van der Waals surface area contributed by atoms with Gasteiger partial charge in [0.15, 0.2) is 5.75 Å². The summed E-state index contributed by atoms with van der Waals surface area (Å²) in [6, 6.07) is 13.0. The summed E-state index contributed by atoms with van der Waals surface area (Å²) in [7, 11) is 4.64. The van der Waals surface area contributed by atoms with Crippen LogP contribution in [0, 0.1) is 10.1 Å². The van der Waals surface area contributed by atoms with Crippen molar-refractivity contribution in [1.29, 1.82) is 0 Å². The molecular formula is C39H48N2O8. The Morgan fingerprint density at radius 1 is 0.592 bits per heavy atom. The fraction of sp³-hybridized carbons (Fsp3) is 0.462.